The van der Waals surface area contributed by atoms with Crippen LogP contribution in [0.1, 0.15) is 50.9 Å². The van der Waals surface area contributed by atoms with Crippen LogP contribution < -0.4 is 5.32 Å². The third-order valence-electron chi connectivity index (χ3n) is 4.76. The number of aryl methyl sites for hydroxylation is 4. The average Bonchev–Trinajstić information content (AvgIpc) is 2.90. The summed E-state index contributed by atoms with van der Waals surface area (Å²) in [7, 11) is 2.09. The number of rotatable bonds is 4. The van der Waals surface area contributed by atoms with Crippen LogP contribution in [-0.4, -0.2) is 7.05 Å². The van der Waals surface area contributed by atoms with E-state index < -0.39 is 0 Å². The lowest BCUT2D eigenvalue weighted by Crippen LogP contribution is -2.18. The van der Waals surface area contributed by atoms with Crippen molar-refractivity contribution in [2.24, 2.45) is 0 Å². The summed E-state index contributed by atoms with van der Waals surface area (Å²) in [6.45, 7) is 4.46. The normalized spacial score (nSPS) is 15.8. The number of likely N-dealkylation sites (N-methyl/N-ethyl adjacent to an activating group) is 1. The summed E-state index contributed by atoms with van der Waals surface area (Å²) in [5.74, 6) is 0. The minimum absolute atomic E-state index is 0.445. The summed E-state index contributed by atoms with van der Waals surface area (Å²) >= 11 is 2.04. The first kappa shape index (κ1) is 14.8. The van der Waals surface area contributed by atoms with Crippen LogP contribution >= 0.6 is 11.3 Å². The maximum atomic E-state index is 3.54. The van der Waals surface area contributed by atoms with Gasteiger partial charge in [-0.15, -0.1) is 11.3 Å². The van der Waals surface area contributed by atoms with Crippen molar-refractivity contribution in [3.63, 3.8) is 0 Å². The van der Waals surface area contributed by atoms with E-state index in [0.717, 1.165) is 6.42 Å². The molecule has 1 N–H and O–H groups in total. The Kier molecular flexibility index (Phi) is 4.46. The third-order valence-corrected chi connectivity index (χ3v) is 6.11. The molecule has 21 heavy (non-hydrogen) atoms. The number of benzene rings is 1. The lowest BCUT2D eigenvalue weighted by Gasteiger charge is -2.18. The highest BCUT2D eigenvalue weighted by Crippen LogP contribution is 2.34. The first-order chi connectivity index (χ1) is 10.2. The van der Waals surface area contributed by atoms with Crippen LogP contribution in [-0.2, 0) is 19.3 Å². The van der Waals surface area contributed by atoms with Gasteiger partial charge in [-0.2, -0.15) is 0 Å². The summed E-state index contributed by atoms with van der Waals surface area (Å²) in [5, 5.41) is 3.54. The van der Waals surface area contributed by atoms with Gasteiger partial charge >= 0.3 is 0 Å². The lowest BCUT2D eigenvalue weighted by atomic mass is 9.94. The van der Waals surface area contributed by atoms with Gasteiger partial charge in [-0.3, -0.25) is 0 Å². The molecule has 1 unspecified atom stereocenters. The molecule has 1 heterocycles. The van der Waals surface area contributed by atoms with Crippen molar-refractivity contribution in [3.05, 3.63) is 56.3 Å². The zero-order valence-electron chi connectivity index (χ0n) is 13.3. The molecule has 3 rings (SSSR count). The van der Waals surface area contributed by atoms with Crippen LogP contribution in [0.25, 0.3) is 0 Å². The number of hydrogen-bond donors (Lipinski definition) is 1. The van der Waals surface area contributed by atoms with E-state index in [-0.39, 0.29) is 0 Å². The molecule has 112 valence electrons. The molecule has 1 aliphatic rings. The van der Waals surface area contributed by atoms with E-state index in [2.05, 4.69) is 50.5 Å². The Morgan fingerprint density at radius 1 is 1.14 bits per heavy atom. The molecule has 0 fully saturated rings. The Hall–Kier alpha value is -1.12. The first-order valence-electron chi connectivity index (χ1n) is 8.03. The van der Waals surface area contributed by atoms with E-state index in [4.69, 9.17) is 0 Å². The molecule has 2 heteroatoms. The zero-order chi connectivity index (χ0) is 14.8. The molecule has 0 radical (unpaired) electrons. The Bertz CT molecular complexity index is 583. The predicted octanol–water partition coefficient (Wildman–Crippen LogP) is 4.75. The molecule has 1 nitrogen and oxygen atoms in total. The Morgan fingerprint density at radius 2 is 1.86 bits per heavy atom. The van der Waals surface area contributed by atoms with Gasteiger partial charge in [0.15, 0.2) is 0 Å². The molecular weight excluding hydrogens is 274 g/mol. The molecule has 2 aromatic rings. The minimum Gasteiger partial charge on any atom is -0.312 e. The molecule has 0 spiro atoms. The summed E-state index contributed by atoms with van der Waals surface area (Å²) < 4.78 is 0. The van der Waals surface area contributed by atoms with Gasteiger partial charge in [-0.1, -0.05) is 18.2 Å². The smallest absolute Gasteiger partial charge is 0.0453 e. The highest BCUT2D eigenvalue weighted by atomic mass is 32.1. The first-order valence-corrected chi connectivity index (χ1v) is 8.84. The summed E-state index contributed by atoms with van der Waals surface area (Å²) in [6, 6.07) is 9.53. The molecule has 0 saturated heterocycles. The quantitative estimate of drug-likeness (QED) is 0.859. The molecule has 0 saturated carbocycles. The van der Waals surface area contributed by atoms with E-state index in [1.165, 1.54) is 47.3 Å². The Labute approximate surface area is 132 Å². The Morgan fingerprint density at radius 3 is 2.52 bits per heavy atom. The molecular formula is C19H25NS. The van der Waals surface area contributed by atoms with Gasteiger partial charge in [0.05, 0.1) is 0 Å². The summed E-state index contributed by atoms with van der Waals surface area (Å²) in [6.07, 6.45) is 6.40. The van der Waals surface area contributed by atoms with Crippen LogP contribution in [0.15, 0.2) is 24.3 Å². The fraction of sp³-hybridized carbons (Fsp3) is 0.474. The molecule has 0 aliphatic heterocycles. The van der Waals surface area contributed by atoms with Gasteiger partial charge in [0.1, 0.15) is 0 Å². The van der Waals surface area contributed by atoms with Crippen molar-refractivity contribution >= 4 is 11.3 Å². The second-order valence-corrected chi connectivity index (χ2v) is 7.39. The standard InChI is InChI=1S/C19H25NS/c1-13-7-6-8-14(2)16(13)12-17(20-3)19-11-15-9-4-5-10-18(15)21-19/h6-8,11,17,20H,4-5,9-10,12H2,1-3H3. The van der Waals surface area contributed by atoms with Gasteiger partial charge in [0.25, 0.3) is 0 Å². The second kappa shape index (κ2) is 6.33. The largest absolute Gasteiger partial charge is 0.312 e. The van der Waals surface area contributed by atoms with Crippen molar-refractivity contribution in [2.45, 2.75) is 52.0 Å². The maximum Gasteiger partial charge on any atom is 0.0453 e. The van der Waals surface area contributed by atoms with Gasteiger partial charge in [0, 0.05) is 15.8 Å². The fourth-order valence-electron chi connectivity index (χ4n) is 3.41. The molecule has 0 amide bonds. The van der Waals surface area contributed by atoms with Crippen molar-refractivity contribution < 1.29 is 0 Å². The Balaban J connectivity index is 1.87. The minimum atomic E-state index is 0.445. The fourth-order valence-corrected chi connectivity index (χ4v) is 4.77. The van der Waals surface area contributed by atoms with Crippen molar-refractivity contribution in [2.75, 3.05) is 7.05 Å². The van der Waals surface area contributed by atoms with Gasteiger partial charge in [-0.25, -0.2) is 0 Å². The number of fused-ring (bicyclic) bond motifs is 1. The maximum absolute atomic E-state index is 3.54. The summed E-state index contributed by atoms with van der Waals surface area (Å²) in [4.78, 5) is 3.16. The number of thiophene rings is 1. The van der Waals surface area contributed by atoms with E-state index in [9.17, 15) is 0 Å². The van der Waals surface area contributed by atoms with E-state index in [1.807, 2.05) is 11.3 Å². The molecule has 1 aromatic heterocycles. The van der Waals surface area contributed by atoms with Gasteiger partial charge in [0.2, 0.25) is 0 Å². The van der Waals surface area contributed by atoms with E-state index >= 15 is 0 Å². The third kappa shape index (κ3) is 3.07. The van der Waals surface area contributed by atoms with Crippen molar-refractivity contribution in [1.82, 2.24) is 5.32 Å². The van der Waals surface area contributed by atoms with Crippen LogP contribution in [0.4, 0.5) is 0 Å². The number of hydrogen-bond acceptors (Lipinski definition) is 2. The predicted molar refractivity (Wildman–Crippen MR) is 92.4 cm³/mol. The average molecular weight is 299 g/mol. The topological polar surface area (TPSA) is 12.0 Å². The zero-order valence-corrected chi connectivity index (χ0v) is 14.1. The van der Waals surface area contributed by atoms with E-state index in [0.29, 0.717) is 6.04 Å². The summed E-state index contributed by atoms with van der Waals surface area (Å²) in [5.41, 5.74) is 5.94. The van der Waals surface area contributed by atoms with Crippen molar-refractivity contribution in [3.8, 4) is 0 Å². The van der Waals surface area contributed by atoms with Gasteiger partial charge in [-0.05, 0) is 81.3 Å². The second-order valence-electron chi connectivity index (χ2n) is 6.22. The highest BCUT2D eigenvalue weighted by molar-refractivity contribution is 7.12. The monoisotopic (exact) mass is 299 g/mol. The molecule has 1 aliphatic carbocycles. The molecule has 0 bridgehead atoms. The van der Waals surface area contributed by atoms with E-state index in [1.54, 1.807) is 10.4 Å². The van der Waals surface area contributed by atoms with Gasteiger partial charge < -0.3 is 5.32 Å². The van der Waals surface area contributed by atoms with Crippen molar-refractivity contribution in [1.29, 1.82) is 0 Å². The number of nitrogens with one attached hydrogen (secondary N) is 1. The highest BCUT2D eigenvalue weighted by Gasteiger charge is 2.19. The molecule has 1 aromatic carbocycles. The lowest BCUT2D eigenvalue weighted by molar-refractivity contribution is 0.598. The van der Waals surface area contributed by atoms with Crippen LogP contribution in [0.3, 0.4) is 0 Å². The van der Waals surface area contributed by atoms with Crippen LogP contribution in [0, 0.1) is 13.8 Å². The van der Waals surface area contributed by atoms with Crippen LogP contribution in [0.2, 0.25) is 0 Å². The molecule has 1 atom stereocenters. The van der Waals surface area contributed by atoms with Crippen LogP contribution in [0.5, 0.6) is 0 Å². The SMILES string of the molecule is CNC(Cc1c(C)cccc1C)c1cc2c(s1)CCCC2.